The number of ether oxygens (including phenoxy) is 1. The zero-order valence-corrected chi connectivity index (χ0v) is 17.1. The van der Waals surface area contributed by atoms with Crippen molar-refractivity contribution >= 4 is 40.2 Å². The maximum atomic E-state index is 12.9. The molecule has 1 aromatic carbocycles. The molecule has 2 aromatic rings. The predicted molar refractivity (Wildman–Crippen MR) is 107 cm³/mol. The van der Waals surface area contributed by atoms with Gasteiger partial charge in [-0.05, 0) is 25.0 Å². The molecule has 3 amide bonds. The Labute approximate surface area is 171 Å². The molecule has 8 nitrogen and oxygen atoms in total. The van der Waals surface area contributed by atoms with Gasteiger partial charge in [0.05, 0.1) is 29.8 Å². The minimum Gasteiger partial charge on any atom is -0.466 e. The van der Waals surface area contributed by atoms with Crippen LogP contribution in [0.2, 0.25) is 0 Å². The van der Waals surface area contributed by atoms with Crippen molar-refractivity contribution in [2.45, 2.75) is 33.2 Å². The molecule has 0 saturated heterocycles. The van der Waals surface area contributed by atoms with E-state index in [0.717, 1.165) is 16.2 Å². The first kappa shape index (κ1) is 20.7. The van der Waals surface area contributed by atoms with Gasteiger partial charge in [0.1, 0.15) is 6.04 Å². The Morgan fingerprint density at radius 2 is 1.79 bits per heavy atom. The smallest absolute Gasteiger partial charge is 0.311 e. The van der Waals surface area contributed by atoms with Crippen molar-refractivity contribution in [2.75, 3.05) is 11.9 Å². The zero-order chi connectivity index (χ0) is 21.1. The molecular weight excluding hydrogens is 394 g/mol. The van der Waals surface area contributed by atoms with Crippen molar-refractivity contribution in [3.8, 4) is 0 Å². The van der Waals surface area contributed by atoms with Crippen molar-refractivity contribution in [3.63, 3.8) is 0 Å². The van der Waals surface area contributed by atoms with Crippen LogP contribution in [0, 0.1) is 5.92 Å². The Bertz CT molecular complexity index is 934. The standard InChI is InChI=1S/C20H21N3O5S/c1-4-28-15(24)9-12-10-29-20(21-12)22-17(25)16(11(2)3)23-18(26)13-7-5-6-8-14(13)19(23)27/h5-8,10-11,16H,4,9H2,1-3H3,(H,21,22,25). The van der Waals surface area contributed by atoms with E-state index in [1.807, 2.05) is 0 Å². The molecule has 29 heavy (non-hydrogen) atoms. The van der Waals surface area contributed by atoms with Crippen molar-refractivity contribution in [1.82, 2.24) is 9.88 Å². The number of benzene rings is 1. The maximum absolute atomic E-state index is 12.9. The highest BCUT2D eigenvalue weighted by Crippen LogP contribution is 2.28. The normalized spacial score (nSPS) is 14.1. The summed E-state index contributed by atoms with van der Waals surface area (Å²) in [5, 5.41) is 4.60. The number of carbonyl (C=O) groups excluding carboxylic acids is 4. The molecule has 0 saturated carbocycles. The van der Waals surface area contributed by atoms with Crippen LogP contribution in [0.25, 0.3) is 0 Å². The van der Waals surface area contributed by atoms with E-state index in [9.17, 15) is 19.2 Å². The van der Waals surface area contributed by atoms with E-state index in [1.54, 1.807) is 50.4 Å². The van der Waals surface area contributed by atoms with Crippen LogP contribution in [0.3, 0.4) is 0 Å². The van der Waals surface area contributed by atoms with Crippen LogP contribution in [0.4, 0.5) is 5.13 Å². The second-order valence-corrected chi connectivity index (χ2v) is 7.69. The molecule has 1 unspecified atom stereocenters. The highest BCUT2D eigenvalue weighted by Gasteiger charge is 2.44. The topological polar surface area (TPSA) is 106 Å². The molecular formula is C20H21N3O5S. The number of anilines is 1. The fourth-order valence-corrected chi connectivity index (χ4v) is 3.88. The number of carbonyl (C=O) groups is 4. The highest BCUT2D eigenvalue weighted by atomic mass is 32.1. The first-order chi connectivity index (χ1) is 13.8. The average Bonchev–Trinajstić information content (AvgIpc) is 3.20. The van der Waals surface area contributed by atoms with E-state index in [4.69, 9.17) is 4.74 Å². The SMILES string of the molecule is CCOC(=O)Cc1csc(NC(=O)C(C(C)C)N2C(=O)c3ccccc3C2=O)n1. The summed E-state index contributed by atoms with van der Waals surface area (Å²) in [4.78, 5) is 55.2. The van der Waals surface area contributed by atoms with Crippen LogP contribution in [0.5, 0.6) is 0 Å². The summed E-state index contributed by atoms with van der Waals surface area (Å²) in [6.07, 6.45) is 0.00618. The number of amides is 3. The molecule has 152 valence electrons. The van der Waals surface area contributed by atoms with E-state index in [-0.39, 0.29) is 24.1 Å². The number of esters is 1. The summed E-state index contributed by atoms with van der Waals surface area (Å²) in [6, 6.07) is 5.53. The molecule has 1 N–H and O–H groups in total. The van der Waals surface area contributed by atoms with Gasteiger partial charge in [-0.2, -0.15) is 0 Å². The summed E-state index contributed by atoms with van der Waals surface area (Å²) in [5.41, 5.74) is 1.06. The third-order valence-corrected chi connectivity index (χ3v) is 5.22. The van der Waals surface area contributed by atoms with E-state index in [1.165, 1.54) is 0 Å². The summed E-state index contributed by atoms with van der Waals surface area (Å²) < 4.78 is 4.88. The second kappa shape index (κ2) is 8.52. The Morgan fingerprint density at radius 3 is 2.34 bits per heavy atom. The Morgan fingerprint density at radius 1 is 1.17 bits per heavy atom. The maximum Gasteiger partial charge on any atom is 0.311 e. The summed E-state index contributed by atoms with van der Waals surface area (Å²) >= 11 is 1.16. The van der Waals surface area contributed by atoms with Crippen LogP contribution in [0.1, 0.15) is 47.2 Å². The third kappa shape index (κ3) is 4.19. The van der Waals surface area contributed by atoms with Crippen LogP contribution in [-0.4, -0.2) is 46.2 Å². The number of imide groups is 1. The number of rotatable bonds is 7. The molecule has 1 aliphatic rings. The summed E-state index contributed by atoms with van der Waals surface area (Å²) in [5.74, 6) is -2.19. The molecule has 0 bridgehead atoms. The van der Waals surface area contributed by atoms with Gasteiger partial charge in [-0.25, -0.2) is 4.98 Å². The third-order valence-electron chi connectivity index (χ3n) is 4.42. The average molecular weight is 415 g/mol. The largest absolute Gasteiger partial charge is 0.466 e. The number of hydrogen-bond donors (Lipinski definition) is 1. The highest BCUT2D eigenvalue weighted by molar-refractivity contribution is 7.13. The monoisotopic (exact) mass is 415 g/mol. The first-order valence-electron chi connectivity index (χ1n) is 9.21. The van der Waals surface area contributed by atoms with Crippen LogP contribution in [0.15, 0.2) is 29.6 Å². The van der Waals surface area contributed by atoms with Gasteiger partial charge in [0.25, 0.3) is 11.8 Å². The van der Waals surface area contributed by atoms with Gasteiger partial charge in [-0.15, -0.1) is 11.3 Å². The predicted octanol–water partition coefficient (Wildman–Crippen LogP) is 2.51. The van der Waals surface area contributed by atoms with E-state index in [2.05, 4.69) is 10.3 Å². The lowest BCUT2D eigenvalue weighted by molar-refractivity contribution is -0.142. The number of nitrogens with one attached hydrogen (secondary N) is 1. The molecule has 0 aliphatic carbocycles. The van der Waals surface area contributed by atoms with Crippen molar-refractivity contribution in [2.24, 2.45) is 5.92 Å². The lowest BCUT2D eigenvalue weighted by atomic mass is 10.0. The van der Waals surface area contributed by atoms with Gasteiger partial charge in [-0.1, -0.05) is 26.0 Å². The van der Waals surface area contributed by atoms with Crippen molar-refractivity contribution in [1.29, 1.82) is 0 Å². The Kier molecular flexibility index (Phi) is 6.07. The zero-order valence-electron chi connectivity index (χ0n) is 16.3. The fraction of sp³-hybridized carbons (Fsp3) is 0.350. The van der Waals surface area contributed by atoms with Crippen LogP contribution < -0.4 is 5.32 Å². The molecule has 1 atom stereocenters. The quantitative estimate of drug-likeness (QED) is 0.550. The number of aromatic nitrogens is 1. The minimum absolute atomic E-state index is 0.00618. The number of thiazole rings is 1. The van der Waals surface area contributed by atoms with Crippen LogP contribution in [-0.2, 0) is 20.7 Å². The Balaban J connectivity index is 1.76. The molecule has 9 heteroatoms. The summed E-state index contributed by atoms with van der Waals surface area (Å²) in [6.45, 7) is 5.53. The van der Waals surface area contributed by atoms with Gasteiger partial charge in [0, 0.05) is 5.38 Å². The number of hydrogen-bond acceptors (Lipinski definition) is 7. The Hall–Kier alpha value is -3.07. The molecule has 1 aromatic heterocycles. The number of nitrogens with zero attached hydrogens (tertiary/aromatic N) is 2. The van der Waals surface area contributed by atoms with Gasteiger partial charge < -0.3 is 10.1 Å². The molecule has 1 aliphatic heterocycles. The van der Waals surface area contributed by atoms with Gasteiger partial charge >= 0.3 is 5.97 Å². The molecule has 0 radical (unpaired) electrons. The van der Waals surface area contributed by atoms with Gasteiger partial charge in [0.2, 0.25) is 5.91 Å². The molecule has 2 heterocycles. The molecule has 3 rings (SSSR count). The fourth-order valence-electron chi connectivity index (χ4n) is 3.16. The second-order valence-electron chi connectivity index (χ2n) is 6.83. The molecule has 0 fully saturated rings. The van der Waals surface area contributed by atoms with Crippen LogP contribution >= 0.6 is 11.3 Å². The first-order valence-corrected chi connectivity index (χ1v) is 10.1. The van der Waals surface area contributed by atoms with Crippen molar-refractivity contribution < 1.29 is 23.9 Å². The van der Waals surface area contributed by atoms with E-state index in [0.29, 0.717) is 16.8 Å². The van der Waals surface area contributed by atoms with E-state index >= 15 is 0 Å². The van der Waals surface area contributed by atoms with Gasteiger partial charge in [0.15, 0.2) is 5.13 Å². The van der Waals surface area contributed by atoms with Crippen molar-refractivity contribution in [3.05, 3.63) is 46.5 Å². The van der Waals surface area contributed by atoms with E-state index < -0.39 is 29.7 Å². The van der Waals surface area contributed by atoms with Gasteiger partial charge in [-0.3, -0.25) is 24.1 Å². The lowest BCUT2D eigenvalue weighted by Crippen LogP contribution is -2.50. The lowest BCUT2D eigenvalue weighted by Gasteiger charge is -2.27. The molecule has 0 spiro atoms. The number of fused-ring (bicyclic) bond motifs is 1. The summed E-state index contributed by atoms with van der Waals surface area (Å²) in [7, 11) is 0. The minimum atomic E-state index is -0.986.